The van der Waals surface area contributed by atoms with Crippen molar-refractivity contribution in [1.29, 1.82) is 0 Å². The van der Waals surface area contributed by atoms with Crippen molar-refractivity contribution in [1.82, 2.24) is 0 Å². The van der Waals surface area contributed by atoms with Gasteiger partial charge < -0.3 is 9.66 Å². The van der Waals surface area contributed by atoms with Gasteiger partial charge in [0, 0.05) is 11.9 Å². The summed E-state index contributed by atoms with van der Waals surface area (Å²) in [5.41, 5.74) is 0. The Kier molecular flexibility index (Phi) is 16.1. The maximum Gasteiger partial charge on any atom is 1.00 e. The third-order valence-electron chi connectivity index (χ3n) is 3.26. The summed E-state index contributed by atoms with van der Waals surface area (Å²) in [6.07, 6.45) is 10.2. The van der Waals surface area contributed by atoms with Gasteiger partial charge in [-0.1, -0.05) is 51.4 Å². The Morgan fingerprint density at radius 1 is 0.895 bits per heavy atom. The Morgan fingerprint density at radius 2 is 1.26 bits per heavy atom. The summed E-state index contributed by atoms with van der Waals surface area (Å²) < 4.78 is 31.9. The van der Waals surface area contributed by atoms with Crippen molar-refractivity contribution in [3.8, 4) is 0 Å². The molecule has 0 aromatic rings. The van der Waals surface area contributed by atoms with Crippen molar-refractivity contribution in [2.45, 2.75) is 76.4 Å². The summed E-state index contributed by atoms with van der Waals surface area (Å²) >= 11 is 0. The van der Waals surface area contributed by atoms with Crippen LogP contribution in [0, 0.1) is 0 Å². The Bertz CT molecular complexity index is 280. The summed E-state index contributed by atoms with van der Waals surface area (Å²) in [5.74, 6) is 0. The monoisotopic (exact) mass is 302 g/mol. The zero-order valence-electron chi connectivity index (χ0n) is 12.4. The first-order chi connectivity index (χ1) is 8.48. The fraction of sp³-hybridized carbons (Fsp3) is 1.00. The van der Waals surface area contributed by atoms with Gasteiger partial charge in [-0.25, -0.2) is 8.42 Å². The number of rotatable bonds is 12. The van der Waals surface area contributed by atoms with Crippen LogP contribution in [-0.2, 0) is 10.1 Å². The third-order valence-corrected chi connectivity index (χ3v) is 4.48. The summed E-state index contributed by atoms with van der Waals surface area (Å²) in [6.45, 7) is 1.78. The van der Waals surface area contributed by atoms with Crippen LogP contribution < -0.4 is 29.6 Å². The topological polar surface area (TPSA) is 77.4 Å². The summed E-state index contributed by atoms with van der Waals surface area (Å²) in [7, 11) is -4.08. The zero-order chi connectivity index (χ0) is 13.9. The van der Waals surface area contributed by atoms with Gasteiger partial charge >= 0.3 is 29.6 Å². The number of aliphatic hydroxyl groups is 1. The molecular formula is C13H27NaO4S. The van der Waals surface area contributed by atoms with E-state index < -0.39 is 15.4 Å². The second kappa shape index (κ2) is 13.8. The number of unbranched alkanes of at least 4 members (excludes halogenated alkanes) is 8. The molecule has 0 spiro atoms. The molecule has 0 aliphatic rings. The van der Waals surface area contributed by atoms with Crippen molar-refractivity contribution in [2.24, 2.45) is 0 Å². The van der Waals surface area contributed by atoms with Gasteiger partial charge in [-0.3, -0.25) is 0 Å². The van der Waals surface area contributed by atoms with Crippen LogP contribution in [0.4, 0.5) is 0 Å². The Balaban J connectivity index is 0. The molecule has 0 rings (SSSR count). The Hall–Kier alpha value is 0.870. The van der Waals surface area contributed by atoms with E-state index in [2.05, 4.69) is 0 Å². The van der Waals surface area contributed by atoms with E-state index in [1.54, 1.807) is 0 Å². The Labute approximate surface area is 140 Å². The van der Waals surface area contributed by atoms with Gasteiger partial charge in [-0.15, -0.1) is 0 Å². The molecule has 19 heavy (non-hydrogen) atoms. The molecule has 6 heteroatoms. The molecule has 1 N–H and O–H groups in total. The van der Waals surface area contributed by atoms with E-state index >= 15 is 0 Å². The average molecular weight is 302 g/mol. The van der Waals surface area contributed by atoms with E-state index in [-0.39, 0.29) is 29.6 Å². The summed E-state index contributed by atoms with van der Waals surface area (Å²) in [6, 6.07) is 0. The van der Waals surface area contributed by atoms with E-state index in [4.69, 9.17) is 5.11 Å². The van der Waals surface area contributed by atoms with Gasteiger partial charge in [0.05, 0.1) is 10.1 Å². The van der Waals surface area contributed by atoms with Crippen LogP contribution in [0.15, 0.2) is 0 Å². The fourth-order valence-electron chi connectivity index (χ4n) is 1.93. The smallest absolute Gasteiger partial charge is 0.748 e. The van der Waals surface area contributed by atoms with Crippen LogP contribution >= 0.6 is 0 Å². The molecule has 1 unspecified atom stereocenters. The molecule has 0 radical (unpaired) electrons. The first kappa shape index (κ1) is 22.2. The van der Waals surface area contributed by atoms with E-state index in [1.807, 2.05) is 0 Å². The molecule has 0 amide bonds. The molecule has 0 saturated heterocycles. The molecule has 0 aromatic carbocycles. The van der Waals surface area contributed by atoms with Gasteiger partial charge in [0.15, 0.2) is 0 Å². The minimum Gasteiger partial charge on any atom is -0.748 e. The minimum absolute atomic E-state index is 0. The molecule has 0 aromatic heterocycles. The number of hydrogen-bond acceptors (Lipinski definition) is 4. The molecular weight excluding hydrogens is 275 g/mol. The molecule has 0 aliphatic heterocycles. The van der Waals surface area contributed by atoms with Crippen molar-refractivity contribution in [3.05, 3.63) is 0 Å². The van der Waals surface area contributed by atoms with Crippen LogP contribution in [0.1, 0.15) is 71.1 Å². The molecule has 0 fully saturated rings. The van der Waals surface area contributed by atoms with Crippen molar-refractivity contribution >= 4 is 10.1 Å². The van der Waals surface area contributed by atoms with E-state index in [1.165, 1.54) is 32.6 Å². The van der Waals surface area contributed by atoms with Crippen LogP contribution in [0.2, 0.25) is 0 Å². The predicted octanol–water partition coefficient (Wildman–Crippen LogP) is -0.183. The van der Waals surface area contributed by atoms with Gasteiger partial charge in [0.25, 0.3) is 0 Å². The van der Waals surface area contributed by atoms with Gasteiger partial charge in [-0.2, -0.15) is 0 Å². The normalized spacial score (nSPS) is 13.0. The van der Waals surface area contributed by atoms with Crippen molar-refractivity contribution in [2.75, 3.05) is 6.61 Å². The number of hydrogen-bond donors (Lipinski definition) is 1. The predicted molar refractivity (Wildman–Crippen MR) is 72.4 cm³/mol. The first-order valence-corrected chi connectivity index (χ1v) is 8.51. The minimum atomic E-state index is -4.08. The van der Waals surface area contributed by atoms with Crippen LogP contribution in [0.25, 0.3) is 0 Å². The second-order valence-corrected chi connectivity index (χ2v) is 6.79. The van der Waals surface area contributed by atoms with Gasteiger partial charge in [-0.05, 0) is 19.8 Å². The van der Waals surface area contributed by atoms with Crippen LogP contribution in [0.5, 0.6) is 0 Å². The molecule has 1 atom stereocenters. The molecule has 0 heterocycles. The van der Waals surface area contributed by atoms with Crippen molar-refractivity contribution < 1.29 is 47.6 Å². The van der Waals surface area contributed by atoms with E-state index in [0.717, 1.165) is 32.1 Å². The fourth-order valence-corrected chi connectivity index (χ4v) is 2.38. The molecule has 0 aliphatic carbocycles. The molecule has 0 bridgehead atoms. The quantitative estimate of drug-likeness (QED) is 0.308. The molecule has 110 valence electrons. The van der Waals surface area contributed by atoms with Gasteiger partial charge in [0.2, 0.25) is 0 Å². The second-order valence-electron chi connectivity index (χ2n) is 5.00. The largest absolute Gasteiger partial charge is 1.00 e. The number of aliphatic hydroxyl groups excluding tert-OH is 1. The maximum absolute atomic E-state index is 10.6. The molecule has 0 saturated carbocycles. The van der Waals surface area contributed by atoms with Crippen LogP contribution in [0.3, 0.4) is 0 Å². The SMILES string of the molecule is CC(CCCCCCCCCCCO)S(=O)(=O)[O-].[Na+]. The van der Waals surface area contributed by atoms with Gasteiger partial charge in [0.1, 0.15) is 0 Å². The summed E-state index contributed by atoms with van der Waals surface area (Å²) in [5, 5.41) is 7.86. The zero-order valence-corrected chi connectivity index (χ0v) is 15.3. The van der Waals surface area contributed by atoms with Crippen molar-refractivity contribution in [3.63, 3.8) is 0 Å². The van der Waals surface area contributed by atoms with E-state index in [9.17, 15) is 13.0 Å². The maximum atomic E-state index is 10.6. The third kappa shape index (κ3) is 15.1. The standard InChI is InChI=1S/C13H28O4S.Na/c1-13(18(15,16)17)11-9-7-5-3-2-4-6-8-10-12-14;/h13-14H,2-12H2,1H3,(H,15,16,17);/q;+1/p-1. The molecule has 4 nitrogen and oxygen atoms in total. The average Bonchev–Trinajstić information content (AvgIpc) is 2.30. The Morgan fingerprint density at radius 3 is 1.63 bits per heavy atom. The van der Waals surface area contributed by atoms with E-state index in [0.29, 0.717) is 13.0 Å². The summed E-state index contributed by atoms with van der Waals surface area (Å²) in [4.78, 5) is 0. The van der Waals surface area contributed by atoms with Crippen LogP contribution in [-0.4, -0.2) is 29.9 Å². The first-order valence-electron chi connectivity index (χ1n) is 7.04.